The number of likely N-dealkylation sites (N-methyl/N-ethyl adjacent to an activating group) is 1. The molecular weight excluding hydrogens is 343 g/mol. The van der Waals surface area contributed by atoms with E-state index < -0.39 is 6.04 Å². The minimum atomic E-state index is -0.410. The van der Waals surface area contributed by atoms with Gasteiger partial charge in [-0.1, -0.05) is 25.5 Å². The summed E-state index contributed by atoms with van der Waals surface area (Å²) in [7, 11) is 1.78. The number of benzene rings is 1. The minimum absolute atomic E-state index is 0. The molecule has 7 heteroatoms. The number of halogens is 2. The Kier molecular flexibility index (Phi) is 8.58. The third kappa shape index (κ3) is 6.14. The fourth-order valence-corrected chi connectivity index (χ4v) is 2.62. The van der Waals surface area contributed by atoms with Gasteiger partial charge in [0.1, 0.15) is 5.82 Å². The first-order chi connectivity index (χ1) is 11.5. The molecule has 1 heterocycles. The van der Waals surface area contributed by atoms with Gasteiger partial charge < -0.3 is 10.6 Å². The second kappa shape index (κ2) is 10.2. The number of nitrogens with zero attached hydrogens (tertiary/aromatic N) is 2. The van der Waals surface area contributed by atoms with Gasteiger partial charge in [-0.05, 0) is 37.5 Å². The lowest BCUT2D eigenvalue weighted by molar-refractivity contribution is -0.131. The highest BCUT2D eigenvalue weighted by Crippen LogP contribution is 2.19. The Morgan fingerprint density at radius 1 is 1.40 bits per heavy atom. The van der Waals surface area contributed by atoms with Crippen molar-refractivity contribution in [2.45, 2.75) is 38.6 Å². The molecule has 0 fully saturated rings. The summed E-state index contributed by atoms with van der Waals surface area (Å²) in [5.41, 5.74) is 8.29. The SMILES string of the molecule is CCCC(N)C(=O)N(C)CCCc1cc(-c2cccc(F)c2)n[nH]1.Cl. The summed E-state index contributed by atoms with van der Waals surface area (Å²) in [5, 5.41) is 7.19. The Hall–Kier alpha value is -1.92. The van der Waals surface area contributed by atoms with Crippen LogP contribution in [0.15, 0.2) is 30.3 Å². The number of H-pyrrole nitrogens is 1. The van der Waals surface area contributed by atoms with Gasteiger partial charge in [0, 0.05) is 24.8 Å². The summed E-state index contributed by atoms with van der Waals surface area (Å²) in [6.45, 7) is 2.66. The van der Waals surface area contributed by atoms with E-state index in [1.807, 2.05) is 19.1 Å². The van der Waals surface area contributed by atoms with Gasteiger partial charge >= 0.3 is 0 Å². The monoisotopic (exact) mass is 368 g/mol. The molecule has 0 aliphatic rings. The normalized spacial score (nSPS) is 11.7. The lowest BCUT2D eigenvalue weighted by atomic mass is 10.1. The highest BCUT2D eigenvalue weighted by atomic mass is 35.5. The van der Waals surface area contributed by atoms with Crippen LogP contribution < -0.4 is 5.73 Å². The van der Waals surface area contributed by atoms with E-state index in [4.69, 9.17) is 5.73 Å². The van der Waals surface area contributed by atoms with Crippen molar-refractivity contribution in [3.63, 3.8) is 0 Å². The van der Waals surface area contributed by atoms with E-state index in [0.717, 1.165) is 36.2 Å². The van der Waals surface area contributed by atoms with Crippen molar-refractivity contribution in [1.82, 2.24) is 15.1 Å². The number of nitrogens with two attached hydrogens (primary N) is 1. The number of hydrogen-bond donors (Lipinski definition) is 2. The van der Waals surface area contributed by atoms with Crippen molar-refractivity contribution in [2.75, 3.05) is 13.6 Å². The van der Waals surface area contributed by atoms with Crippen molar-refractivity contribution in [3.8, 4) is 11.3 Å². The number of nitrogens with one attached hydrogen (secondary N) is 1. The first-order valence-corrected chi connectivity index (χ1v) is 8.32. The molecule has 0 radical (unpaired) electrons. The molecule has 0 aliphatic heterocycles. The van der Waals surface area contributed by atoms with Crippen LogP contribution in [0, 0.1) is 5.82 Å². The van der Waals surface area contributed by atoms with Gasteiger partial charge in [-0.2, -0.15) is 5.10 Å². The van der Waals surface area contributed by atoms with E-state index in [1.165, 1.54) is 12.1 Å². The van der Waals surface area contributed by atoms with Gasteiger partial charge in [0.15, 0.2) is 0 Å². The van der Waals surface area contributed by atoms with Gasteiger partial charge in [-0.3, -0.25) is 9.89 Å². The van der Waals surface area contributed by atoms with E-state index >= 15 is 0 Å². The molecule has 0 saturated heterocycles. The Bertz CT molecular complexity index is 677. The highest BCUT2D eigenvalue weighted by Gasteiger charge is 2.16. The van der Waals surface area contributed by atoms with Crippen LogP contribution in [0.3, 0.4) is 0 Å². The van der Waals surface area contributed by atoms with Gasteiger partial charge in [-0.25, -0.2) is 4.39 Å². The van der Waals surface area contributed by atoms with Crippen molar-refractivity contribution in [3.05, 3.63) is 41.8 Å². The number of amides is 1. The molecule has 25 heavy (non-hydrogen) atoms. The van der Waals surface area contributed by atoms with E-state index in [-0.39, 0.29) is 24.1 Å². The zero-order valence-electron chi connectivity index (χ0n) is 14.7. The van der Waals surface area contributed by atoms with E-state index in [0.29, 0.717) is 13.0 Å². The molecule has 2 rings (SSSR count). The average molecular weight is 369 g/mol. The Labute approximate surface area is 154 Å². The van der Waals surface area contributed by atoms with Crippen LogP contribution in [0.4, 0.5) is 4.39 Å². The Morgan fingerprint density at radius 2 is 2.16 bits per heavy atom. The molecule has 3 N–H and O–H groups in total. The minimum Gasteiger partial charge on any atom is -0.344 e. The molecular formula is C18H26ClFN4O. The molecule has 1 atom stereocenters. The maximum Gasteiger partial charge on any atom is 0.239 e. The molecule has 138 valence electrons. The van der Waals surface area contributed by atoms with Crippen LogP contribution >= 0.6 is 12.4 Å². The van der Waals surface area contributed by atoms with Crippen LogP contribution in [-0.2, 0) is 11.2 Å². The van der Waals surface area contributed by atoms with Crippen LogP contribution in [-0.4, -0.2) is 40.6 Å². The zero-order chi connectivity index (χ0) is 17.5. The fraction of sp³-hybridized carbons (Fsp3) is 0.444. The van der Waals surface area contributed by atoms with Crippen LogP contribution in [0.25, 0.3) is 11.3 Å². The second-order valence-corrected chi connectivity index (χ2v) is 6.05. The van der Waals surface area contributed by atoms with Crippen LogP contribution in [0.2, 0.25) is 0 Å². The van der Waals surface area contributed by atoms with Crippen molar-refractivity contribution in [1.29, 1.82) is 0 Å². The van der Waals surface area contributed by atoms with E-state index in [2.05, 4.69) is 10.2 Å². The van der Waals surface area contributed by atoms with Crippen LogP contribution in [0.1, 0.15) is 31.9 Å². The number of carbonyl (C=O) groups excluding carboxylic acids is 1. The topological polar surface area (TPSA) is 75.0 Å². The summed E-state index contributed by atoms with van der Waals surface area (Å²) < 4.78 is 13.3. The Morgan fingerprint density at radius 3 is 2.84 bits per heavy atom. The third-order valence-electron chi connectivity index (χ3n) is 3.98. The van der Waals surface area contributed by atoms with E-state index in [9.17, 15) is 9.18 Å². The largest absolute Gasteiger partial charge is 0.344 e. The summed E-state index contributed by atoms with van der Waals surface area (Å²) in [6.07, 6.45) is 3.19. The molecule has 2 aromatic rings. The molecule has 5 nitrogen and oxygen atoms in total. The van der Waals surface area contributed by atoms with Gasteiger partial charge in [0.2, 0.25) is 5.91 Å². The number of rotatable bonds is 8. The maximum atomic E-state index is 13.3. The number of hydrogen-bond acceptors (Lipinski definition) is 3. The summed E-state index contributed by atoms with van der Waals surface area (Å²) >= 11 is 0. The molecule has 0 saturated carbocycles. The smallest absolute Gasteiger partial charge is 0.239 e. The number of aromatic amines is 1. The van der Waals surface area contributed by atoms with Gasteiger partial charge in [0.25, 0.3) is 0 Å². The number of aryl methyl sites for hydroxylation is 1. The van der Waals surface area contributed by atoms with Crippen molar-refractivity contribution < 1.29 is 9.18 Å². The van der Waals surface area contributed by atoms with Crippen molar-refractivity contribution in [2.24, 2.45) is 5.73 Å². The molecule has 0 aliphatic carbocycles. The van der Waals surface area contributed by atoms with Gasteiger partial charge in [-0.15, -0.1) is 12.4 Å². The second-order valence-electron chi connectivity index (χ2n) is 6.05. The van der Waals surface area contributed by atoms with Crippen molar-refractivity contribution >= 4 is 18.3 Å². The predicted octanol–water partition coefficient (Wildman–Crippen LogP) is 3.16. The fourth-order valence-electron chi connectivity index (χ4n) is 2.62. The maximum absolute atomic E-state index is 13.3. The van der Waals surface area contributed by atoms with E-state index in [1.54, 1.807) is 18.0 Å². The molecule has 0 bridgehead atoms. The molecule has 1 aromatic carbocycles. The Balaban J connectivity index is 0.00000312. The first kappa shape index (κ1) is 21.1. The zero-order valence-corrected chi connectivity index (χ0v) is 15.5. The quantitative estimate of drug-likeness (QED) is 0.751. The van der Waals surface area contributed by atoms with Crippen LogP contribution in [0.5, 0.6) is 0 Å². The summed E-state index contributed by atoms with van der Waals surface area (Å²) in [5.74, 6) is -0.289. The summed E-state index contributed by atoms with van der Waals surface area (Å²) in [4.78, 5) is 13.7. The first-order valence-electron chi connectivity index (χ1n) is 8.32. The average Bonchev–Trinajstić information content (AvgIpc) is 3.03. The lowest BCUT2D eigenvalue weighted by Gasteiger charge is -2.20. The molecule has 0 spiro atoms. The third-order valence-corrected chi connectivity index (χ3v) is 3.98. The molecule has 1 aromatic heterocycles. The lowest BCUT2D eigenvalue weighted by Crippen LogP contribution is -2.42. The number of aromatic nitrogens is 2. The summed E-state index contributed by atoms with van der Waals surface area (Å²) in [6, 6.07) is 7.87. The standard InChI is InChI=1S/C18H25FN4O.ClH/c1-3-6-16(20)18(24)23(2)10-5-9-15-12-17(22-21-15)13-7-4-8-14(19)11-13;/h4,7-8,11-12,16H,3,5-6,9-10,20H2,1-2H3,(H,21,22);1H. The molecule has 1 amide bonds. The molecule has 1 unspecified atom stereocenters. The number of carbonyl (C=O) groups is 1. The highest BCUT2D eigenvalue weighted by molar-refractivity contribution is 5.85. The predicted molar refractivity (Wildman–Crippen MR) is 100 cm³/mol. The van der Waals surface area contributed by atoms with Gasteiger partial charge in [0.05, 0.1) is 11.7 Å².